The Morgan fingerprint density at radius 3 is 2.52 bits per heavy atom. The average Bonchev–Trinajstić information content (AvgIpc) is 2.71. The molecule has 0 saturated heterocycles. The summed E-state index contributed by atoms with van der Waals surface area (Å²) in [6.07, 6.45) is -4.20. The summed E-state index contributed by atoms with van der Waals surface area (Å²) in [5.41, 5.74) is 0. The number of thiophene rings is 1. The Balaban J connectivity index is 0.00000400. The summed E-state index contributed by atoms with van der Waals surface area (Å²) < 4.78 is 36.2. The first-order valence-electron chi connectivity index (χ1n) is 6.39. The molecule has 0 radical (unpaired) electrons. The van der Waals surface area contributed by atoms with Gasteiger partial charge < -0.3 is 10.6 Å². The molecule has 0 bridgehead atoms. The Hall–Kier alpha value is -0.510. The van der Waals surface area contributed by atoms with Crippen LogP contribution >= 0.6 is 35.3 Å². The van der Waals surface area contributed by atoms with E-state index < -0.39 is 12.6 Å². The molecule has 0 spiro atoms. The lowest BCUT2D eigenvalue weighted by Gasteiger charge is -2.17. The molecule has 0 aliphatic carbocycles. The average molecular weight is 435 g/mol. The summed E-state index contributed by atoms with van der Waals surface area (Å²) >= 11 is 1.72. The second kappa shape index (κ2) is 9.50. The van der Waals surface area contributed by atoms with E-state index in [9.17, 15) is 13.2 Å². The Bertz CT molecular complexity index is 446. The highest BCUT2D eigenvalue weighted by molar-refractivity contribution is 14.0. The lowest BCUT2D eigenvalue weighted by atomic mass is 10.2. The first kappa shape index (κ1) is 20.5. The molecule has 0 aliphatic heterocycles. The molecule has 0 aromatic carbocycles. The van der Waals surface area contributed by atoms with Crippen LogP contribution in [0.5, 0.6) is 0 Å². The minimum absolute atomic E-state index is 0. The summed E-state index contributed by atoms with van der Waals surface area (Å²) in [6, 6.07) is 4.23. The van der Waals surface area contributed by atoms with Crippen molar-refractivity contribution < 1.29 is 13.2 Å². The van der Waals surface area contributed by atoms with E-state index in [0.717, 1.165) is 6.42 Å². The van der Waals surface area contributed by atoms with Crippen LogP contribution in [0.15, 0.2) is 17.1 Å². The number of aryl methyl sites for hydroxylation is 1. The van der Waals surface area contributed by atoms with Gasteiger partial charge in [-0.2, -0.15) is 13.2 Å². The molecule has 21 heavy (non-hydrogen) atoms. The number of aliphatic imine (C=N–C) groups is 1. The van der Waals surface area contributed by atoms with Crippen LogP contribution in [-0.4, -0.2) is 31.8 Å². The Labute approximate surface area is 144 Å². The summed E-state index contributed by atoms with van der Waals surface area (Å²) in [7, 11) is 1.55. The molecule has 1 atom stereocenters. The van der Waals surface area contributed by atoms with Crippen molar-refractivity contribution in [1.82, 2.24) is 10.6 Å². The molecular formula is C13H21F3IN3S. The van der Waals surface area contributed by atoms with Crippen molar-refractivity contribution in [3.8, 4) is 0 Å². The van der Waals surface area contributed by atoms with Gasteiger partial charge in [0.05, 0.1) is 6.42 Å². The zero-order chi connectivity index (χ0) is 15.2. The van der Waals surface area contributed by atoms with Crippen molar-refractivity contribution in [2.45, 2.75) is 38.9 Å². The van der Waals surface area contributed by atoms with Gasteiger partial charge in [0, 0.05) is 35.8 Å². The predicted octanol–water partition coefficient (Wildman–Crippen LogP) is 3.72. The quantitative estimate of drug-likeness (QED) is 0.420. The highest BCUT2D eigenvalue weighted by atomic mass is 127. The van der Waals surface area contributed by atoms with Gasteiger partial charge in [0.2, 0.25) is 0 Å². The van der Waals surface area contributed by atoms with Crippen molar-refractivity contribution in [3.05, 3.63) is 21.9 Å². The molecule has 8 heteroatoms. The molecule has 3 nitrogen and oxygen atoms in total. The topological polar surface area (TPSA) is 36.4 Å². The SMILES string of the molecule is CN=C(NCCC(F)(F)F)NC(C)Cc1ccc(C)s1.I. The molecule has 1 heterocycles. The van der Waals surface area contributed by atoms with E-state index in [-0.39, 0.29) is 36.6 Å². The van der Waals surface area contributed by atoms with E-state index in [0.29, 0.717) is 5.96 Å². The molecule has 1 unspecified atom stereocenters. The van der Waals surface area contributed by atoms with Crippen molar-refractivity contribution >= 4 is 41.3 Å². The summed E-state index contributed by atoms with van der Waals surface area (Å²) in [6.45, 7) is 3.85. The third-order valence-corrected chi connectivity index (χ3v) is 3.63. The van der Waals surface area contributed by atoms with E-state index in [1.165, 1.54) is 9.75 Å². The van der Waals surface area contributed by atoms with Crippen LogP contribution in [0, 0.1) is 6.92 Å². The maximum Gasteiger partial charge on any atom is 0.390 e. The van der Waals surface area contributed by atoms with Gasteiger partial charge in [-0.25, -0.2) is 0 Å². The number of guanidine groups is 1. The van der Waals surface area contributed by atoms with Gasteiger partial charge in [0.1, 0.15) is 0 Å². The minimum atomic E-state index is -4.15. The fourth-order valence-electron chi connectivity index (χ4n) is 1.70. The molecule has 1 aromatic heterocycles. The predicted molar refractivity (Wildman–Crippen MR) is 92.8 cm³/mol. The van der Waals surface area contributed by atoms with Crippen LogP contribution in [-0.2, 0) is 6.42 Å². The standard InChI is InChI=1S/C13H20F3N3S.HI/c1-9(8-11-5-4-10(2)20-11)19-12(17-3)18-7-6-13(14,15)16;/h4-5,9H,6-8H2,1-3H3,(H2,17,18,19);1H. The lowest BCUT2D eigenvalue weighted by molar-refractivity contribution is -0.132. The van der Waals surface area contributed by atoms with Crippen LogP contribution in [0.2, 0.25) is 0 Å². The molecule has 2 N–H and O–H groups in total. The Morgan fingerprint density at radius 1 is 1.38 bits per heavy atom. The number of hydrogen-bond donors (Lipinski definition) is 2. The third-order valence-electron chi connectivity index (χ3n) is 2.61. The fourth-order valence-corrected chi connectivity index (χ4v) is 2.72. The first-order chi connectivity index (χ1) is 9.30. The first-order valence-corrected chi connectivity index (χ1v) is 7.21. The minimum Gasteiger partial charge on any atom is -0.356 e. The Morgan fingerprint density at radius 2 is 2.05 bits per heavy atom. The number of alkyl halides is 3. The molecule has 1 aromatic rings. The van der Waals surface area contributed by atoms with Gasteiger partial charge in [-0.1, -0.05) is 0 Å². The van der Waals surface area contributed by atoms with Gasteiger partial charge in [-0.15, -0.1) is 35.3 Å². The maximum atomic E-state index is 12.1. The molecular weight excluding hydrogens is 414 g/mol. The largest absolute Gasteiger partial charge is 0.390 e. The van der Waals surface area contributed by atoms with Crippen LogP contribution in [0.3, 0.4) is 0 Å². The zero-order valence-corrected chi connectivity index (χ0v) is 15.4. The molecule has 0 fully saturated rings. The van der Waals surface area contributed by atoms with Crippen molar-refractivity contribution in [2.75, 3.05) is 13.6 Å². The summed E-state index contributed by atoms with van der Waals surface area (Å²) in [5, 5.41) is 5.76. The second-order valence-corrected chi connectivity index (χ2v) is 6.00. The van der Waals surface area contributed by atoms with Crippen LogP contribution in [0.25, 0.3) is 0 Å². The molecule has 0 amide bonds. The van der Waals surface area contributed by atoms with Crippen LogP contribution in [0.4, 0.5) is 13.2 Å². The summed E-state index contributed by atoms with van der Waals surface area (Å²) in [5.74, 6) is 0.398. The van der Waals surface area contributed by atoms with Crippen molar-refractivity contribution in [1.29, 1.82) is 0 Å². The van der Waals surface area contributed by atoms with E-state index in [2.05, 4.69) is 27.8 Å². The van der Waals surface area contributed by atoms with Crippen molar-refractivity contribution in [3.63, 3.8) is 0 Å². The highest BCUT2D eigenvalue weighted by Gasteiger charge is 2.26. The number of halogens is 4. The highest BCUT2D eigenvalue weighted by Crippen LogP contribution is 2.18. The lowest BCUT2D eigenvalue weighted by Crippen LogP contribution is -2.43. The summed E-state index contributed by atoms with van der Waals surface area (Å²) in [4.78, 5) is 6.42. The van der Waals surface area contributed by atoms with Crippen LogP contribution in [0.1, 0.15) is 23.1 Å². The number of nitrogens with zero attached hydrogens (tertiary/aromatic N) is 1. The Kier molecular flexibility index (Phi) is 9.26. The van der Waals surface area contributed by atoms with Gasteiger partial charge in [-0.05, 0) is 26.0 Å². The molecule has 1 rings (SSSR count). The van der Waals surface area contributed by atoms with Gasteiger partial charge >= 0.3 is 6.18 Å². The number of rotatable bonds is 5. The number of hydrogen-bond acceptors (Lipinski definition) is 2. The number of nitrogens with one attached hydrogen (secondary N) is 2. The van der Waals surface area contributed by atoms with E-state index in [1.54, 1.807) is 18.4 Å². The van der Waals surface area contributed by atoms with E-state index in [4.69, 9.17) is 0 Å². The smallest absolute Gasteiger partial charge is 0.356 e. The van der Waals surface area contributed by atoms with E-state index >= 15 is 0 Å². The third kappa shape index (κ3) is 9.18. The van der Waals surface area contributed by atoms with Gasteiger partial charge in [-0.3, -0.25) is 4.99 Å². The molecule has 0 saturated carbocycles. The molecule has 122 valence electrons. The van der Waals surface area contributed by atoms with E-state index in [1.807, 2.05) is 13.8 Å². The van der Waals surface area contributed by atoms with Gasteiger partial charge in [0.15, 0.2) is 5.96 Å². The van der Waals surface area contributed by atoms with Gasteiger partial charge in [0.25, 0.3) is 0 Å². The monoisotopic (exact) mass is 435 g/mol. The zero-order valence-electron chi connectivity index (χ0n) is 12.3. The molecule has 0 aliphatic rings. The fraction of sp³-hybridized carbons (Fsp3) is 0.615. The maximum absolute atomic E-state index is 12.1. The van der Waals surface area contributed by atoms with Crippen LogP contribution < -0.4 is 10.6 Å². The van der Waals surface area contributed by atoms with Crippen molar-refractivity contribution in [2.24, 2.45) is 4.99 Å². The normalized spacial score (nSPS) is 13.5. The second-order valence-electron chi connectivity index (χ2n) is 4.63.